The molecule has 0 bridgehead atoms. The molecule has 1 heterocycles. The van der Waals surface area contributed by atoms with Crippen molar-refractivity contribution in [1.82, 2.24) is 16.1 Å². The van der Waals surface area contributed by atoms with Crippen molar-refractivity contribution >= 4 is 5.84 Å². The van der Waals surface area contributed by atoms with Crippen LogP contribution in [0.2, 0.25) is 0 Å². The van der Waals surface area contributed by atoms with Crippen LogP contribution in [0.1, 0.15) is 25.3 Å². The molecule has 0 amide bonds. The molecule has 1 aromatic rings. The summed E-state index contributed by atoms with van der Waals surface area (Å²) >= 11 is 0. The number of alkyl halides is 3. The zero-order valence-electron chi connectivity index (χ0n) is 11.1. The minimum atomic E-state index is -4.15. The monoisotopic (exact) mass is 286 g/mol. The van der Waals surface area contributed by atoms with Gasteiger partial charge in [0, 0.05) is 6.42 Å². The fraction of sp³-hybridized carbons (Fsp3) is 0.462. The Balaban J connectivity index is 1.88. The number of hydrazone groups is 1. The van der Waals surface area contributed by atoms with Crippen LogP contribution in [-0.2, 0) is 6.54 Å². The molecule has 4 nitrogen and oxygen atoms in total. The molecule has 0 fully saturated rings. The van der Waals surface area contributed by atoms with Gasteiger partial charge in [0.05, 0.1) is 12.5 Å². The van der Waals surface area contributed by atoms with E-state index in [1.807, 2.05) is 30.3 Å². The van der Waals surface area contributed by atoms with Crippen LogP contribution < -0.4 is 11.1 Å². The molecule has 110 valence electrons. The van der Waals surface area contributed by atoms with E-state index in [2.05, 4.69) is 16.2 Å². The van der Waals surface area contributed by atoms with Gasteiger partial charge in [-0.1, -0.05) is 37.3 Å². The maximum absolute atomic E-state index is 12.5. The summed E-state index contributed by atoms with van der Waals surface area (Å²) in [5, 5.41) is 5.70. The van der Waals surface area contributed by atoms with Crippen molar-refractivity contribution in [2.45, 2.75) is 32.5 Å². The predicted molar refractivity (Wildman–Crippen MR) is 70.1 cm³/mol. The molecule has 20 heavy (non-hydrogen) atoms. The van der Waals surface area contributed by atoms with Crippen molar-refractivity contribution in [3.63, 3.8) is 0 Å². The van der Waals surface area contributed by atoms with Gasteiger partial charge in [0.1, 0.15) is 5.84 Å². The molecule has 0 aliphatic carbocycles. The summed E-state index contributed by atoms with van der Waals surface area (Å²) in [5.41, 5.74) is 6.46. The van der Waals surface area contributed by atoms with Gasteiger partial charge in [-0.2, -0.15) is 13.2 Å². The highest BCUT2D eigenvalue weighted by Gasteiger charge is 2.36. The summed E-state index contributed by atoms with van der Waals surface area (Å²) in [6, 6.07) is 9.66. The molecule has 0 saturated heterocycles. The number of rotatable bonds is 5. The summed E-state index contributed by atoms with van der Waals surface area (Å²) < 4.78 is 37.4. The number of hydrogen-bond acceptors (Lipinski definition) is 4. The minimum Gasteiger partial charge on any atom is -0.271 e. The van der Waals surface area contributed by atoms with Crippen LogP contribution in [0.3, 0.4) is 0 Å². The average molecular weight is 286 g/mol. The van der Waals surface area contributed by atoms with E-state index in [4.69, 9.17) is 0 Å². The fourth-order valence-corrected chi connectivity index (χ4v) is 1.87. The van der Waals surface area contributed by atoms with Crippen LogP contribution >= 0.6 is 0 Å². The Hall–Kier alpha value is -1.76. The first-order chi connectivity index (χ1) is 9.47. The lowest BCUT2D eigenvalue weighted by Crippen LogP contribution is -2.40. The first-order valence-corrected chi connectivity index (χ1v) is 6.42. The SMILES string of the molecule is CC(CCC1=NNNN1Cc1ccccc1)C(F)(F)F. The maximum Gasteiger partial charge on any atom is 0.391 e. The van der Waals surface area contributed by atoms with Gasteiger partial charge in [-0.05, 0) is 12.0 Å². The lowest BCUT2D eigenvalue weighted by Gasteiger charge is -2.20. The van der Waals surface area contributed by atoms with Gasteiger partial charge in [-0.25, -0.2) is 5.53 Å². The van der Waals surface area contributed by atoms with Gasteiger partial charge in [-0.15, -0.1) is 10.6 Å². The van der Waals surface area contributed by atoms with Crippen molar-refractivity contribution < 1.29 is 13.2 Å². The quantitative estimate of drug-likeness (QED) is 0.874. The molecule has 1 unspecified atom stereocenters. The van der Waals surface area contributed by atoms with Crippen molar-refractivity contribution in [1.29, 1.82) is 0 Å². The van der Waals surface area contributed by atoms with Crippen LogP contribution in [0.4, 0.5) is 13.2 Å². The van der Waals surface area contributed by atoms with E-state index >= 15 is 0 Å². The van der Waals surface area contributed by atoms with Crippen molar-refractivity contribution in [3.05, 3.63) is 35.9 Å². The van der Waals surface area contributed by atoms with E-state index in [-0.39, 0.29) is 12.8 Å². The number of nitrogens with zero attached hydrogens (tertiary/aromatic N) is 2. The number of nitrogens with one attached hydrogen (secondary N) is 2. The molecule has 0 saturated carbocycles. The summed E-state index contributed by atoms with van der Waals surface area (Å²) in [4.78, 5) is 0. The number of halogens is 3. The Morgan fingerprint density at radius 3 is 2.60 bits per heavy atom. The van der Waals surface area contributed by atoms with Gasteiger partial charge in [0.15, 0.2) is 0 Å². The van der Waals surface area contributed by atoms with E-state index in [0.29, 0.717) is 12.4 Å². The molecular formula is C13H17F3N4. The van der Waals surface area contributed by atoms with Crippen LogP contribution in [0.25, 0.3) is 0 Å². The molecule has 0 aromatic heterocycles. The van der Waals surface area contributed by atoms with Gasteiger partial charge >= 0.3 is 6.18 Å². The van der Waals surface area contributed by atoms with Crippen molar-refractivity contribution in [2.75, 3.05) is 0 Å². The number of amidine groups is 1. The minimum absolute atomic E-state index is 0.0248. The van der Waals surface area contributed by atoms with Gasteiger partial charge in [0.2, 0.25) is 0 Å². The highest BCUT2D eigenvalue weighted by molar-refractivity contribution is 5.82. The average Bonchev–Trinajstić information content (AvgIpc) is 2.83. The van der Waals surface area contributed by atoms with E-state index in [1.54, 1.807) is 5.01 Å². The molecule has 2 rings (SSSR count). The Labute approximate surface area is 115 Å². The van der Waals surface area contributed by atoms with E-state index < -0.39 is 12.1 Å². The fourth-order valence-electron chi connectivity index (χ4n) is 1.87. The number of hydrazine groups is 2. The van der Waals surface area contributed by atoms with Crippen LogP contribution in [0.15, 0.2) is 35.4 Å². The largest absolute Gasteiger partial charge is 0.391 e. The lowest BCUT2D eigenvalue weighted by molar-refractivity contribution is -0.170. The maximum atomic E-state index is 12.5. The van der Waals surface area contributed by atoms with Gasteiger partial charge in [-0.3, -0.25) is 5.01 Å². The lowest BCUT2D eigenvalue weighted by atomic mass is 10.0. The molecule has 2 N–H and O–H groups in total. The highest BCUT2D eigenvalue weighted by Crippen LogP contribution is 2.29. The van der Waals surface area contributed by atoms with E-state index in [1.165, 1.54) is 6.92 Å². The normalized spacial score (nSPS) is 16.8. The van der Waals surface area contributed by atoms with Gasteiger partial charge in [0.25, 0.3) is 0 Å². The predicted octanol–water partition coefficient (Wildman–Crippen LogP) is 2.80. The summed E-state index contributed by atoms with van der Waals surface area (Å²) in [7, 11) is 0. The first kappa shape index (κ1) is 14.6. The highest BCUT2D eigenvalue weighted by atomic mass is 19.4. The second kappa shape index (κ2) is 6.13. The Morgan fingerprint density at radius 2 is 1.95 bits per heavy atom. The third-order valence-corrected chi connectivity index (χ3v) is 3.22. The zero-order chi connectivity index (χ0) is 14.6. The Bertz CT molecular complexity index is 458. The third-order valence-electron chi connectivity index (χ3n) is 3.22. The second-order valence-corrected chi connectivity index (χ2v) is 4.80. The Kier molecular flexibility index (Phi) is 4.49. The molecule has 0 spiro atoms. The van der Waals surface area contributed by atoms with Crippen molar-refractivity contribution in [3.8, 4) is 0 Å². The first-order valence-electron chi connectivity index (χ1n) is 6.42. The van der Waals surface area contributed by atoms with E-state index in [9.17, 15) is 13.2 Å². The summed E-state index contributed by atoms with van der Waals surface area (Å²) in [6.45, 7) is 1.74. The summed E-state index contributed by atoms with van der Waals surface area (Å²) in [6.07, 6.45) is -3.85. The van der Waals surface area contributed by atoms with Crippen LogP contribution in [0, 0.1) is 5.92 Å². The van der Waals surface area contributed by atoms with E-state index in [0.717, 1.165) is 5.56 Å². The standard InChI is InChI=1S/C13H17F3N4/c1-10(13(14,15)16)7-8-12-17-18-19-20(12)9-11-5-3-2-4-6-11/h2-6,10,18-19H,7-9H2,1H3. The Morgan fingerprint density at radius 1 is 1.25 bits per heavy atom. The summed E-state index contributed by atoms with van der Waals surface area (Å²) in [5.74, 6) is -0.741. The third kappa shape index (κ3) is 3.86. The molecular weight excluding hydrogens is 269 g/mol. The molecule has 0 radical (unpaired) electrons. The molecule has 1 aliphatic heterocycles. The number of hydrogen-bond donors (Lipinski definition) is 2. The second-order valence-electron chi connectivity index (χ2n) is 4.80. The molecule has 1 aliphatic rings. The van der Waals surface area contributed by atoms with Crippen molar-refractivity contribution in [2.24, 2.45) is 11.0 Å². The number of benzene rings is 1. The smallest absolute Gasteiger partial charge is 0.271 e. The van der Waals surface area contributed by atoms with Crippen LogP contribution in [0.5, 0.6) is 0 Å². The zero-order valence-corrected chi connectivity index (χ0v) is 11.1. The molecule has 7 heteroatoms. The molecule has 1 aromatic carbocycles. The topological polar surface area (TPSA) is 39.7 Å². The molecule has 1 atom stereocenters. The van der Waals surface area contributed by atoms with Crippen LogP contribution in [-0.4, -0.2) is 17.0 Å². The van der Waals surface area contributed by atoms with Gasteiger partial charge < -0.3 is 0 Å².